The molecule has 2 aromatic carbocycles. The van der Waals surface area contributed by atoms with Gasteiger partial charge in [0.1, 0.15) is 5.75 Å². The zero-order valence-corrected chi connectivity index (χ0v) is 24.9. The van der Waals surface area contributed by atoms with Crippen molar-refractivity contribution in [3.63, 3.8) is 0 Å². The lowest BCUT2D eigenvalue weighted by Crippen LogP contribution is -2.51. The molecular formula is C33H42ClNO6. The number of aryl methyl sites for hydroxylation is 1. The van der Waals surface area contributed by atoms with Crippen LogP contribution in [0, 0.1) is 11.8 Å². The van der Waals surface area contributed by atoms with Crippen LogP contribution in [0.15, 0.2) is 36.4 Å². The van der Waals surface area contributed by atoms with Crippen LogP contribution >= 0.6 is 11.6 Å². The van der Waals surface area contributed by atoms with Crippen molar-refractivity contribution in [3.8, 4) is 5.75 Å². The van der Waals surface area contributed by atoms with Gasteiger partial charge >= 0.3 is 5.97 Å². The Kier molecular flexibility index (Phi) is 8.51. The number of hydrogen-bond acceptors (Lipinski definition) is 7. The first-order chi connectivity index (χ1) is 19.8. The Morgan fingerprint density at radius 2 is 2.10 bits per heavy atom. The topological polar surface area (TPSA) is 77.5 Å². The van der Waals surface area contributed by atoms with Crippen molar-refractivity contribution in [2.24, 2.45) is 11.8 Å². The number of hydrogen-bond donors (Lipinski definition) is 1. The van der Waals surface area contributed by atoms with Crippen molar-refractivity contribution in [1.29, 1.82) is 0 Å². The Morgan fingerprint density at radius 1 is 1.22 bits per heavy atom. The highest BCUT2D eigenvalue weighted by molar-refractivity contribution is 6.30. The van der Waals surface area contributed by atoms with Crippen LogP contribution in [0.4, 0.5) is 5.69 Å². The molecule has 2 fully saturated rings. The van der Waals surface area contributed by atoms with Gasteiger partial charge in [0.05, 0.1) is 49.9 Å². The maximum atomic E-state index is 12.5. The third kappa shape index (κ3) is 5.96. The Bertz CT molecular complexity index is 1250. The second kappa shape index (κ2) is 12.1. The van der Waals surface area contributed by atoms with Gasteiger partial charge in [-0.1, -0.05) is 17.7 Å². The molecule has 0 aromatic heterocycles. The van der Waals surface area contributed by atoms with E-state index in [-0.39, 0.29) is 23.6 Å². The van der Waals surface area contributed by atoms with Gasteiger partial charge < -0.3 is 29.0 Å². The molecular weight excluding hydrogens is 542 g/mol. The predicted molar refractivity (Wildman–Crippen MR) is 158 cm³/mol. The van der Waals surface area contributed by atoms with Crippen LogP contribution < -0.4 is 9.64 Å². The molecule has 6 atom stereocenters. The average Bonchev–Trinajstić information content (AvgIpc) is 3.11. The summed E-state index contributed by atoms with van der Waals surface area (Å²) in [6.45, 7) is 5.10. The highest BCUT2D eigenvalue weighted by Crippen LogP contribution is 2.47. The Labute approximate surface area is 248 Å². The van der Waals surface area contributed by atoms with Crippen molar-refractivity contribution >= 4 is 23.3 Å². The van der Waals surface area contributed by atoms with Crippen LogP contribution in [0.2, 0.25) is 5.02 Å². The van der Waals surface area contributed by atoms with Crippen LogP contribution in [-0.4, -0.2) is 69.4 Å². The van der Waals surface area contributed by atoms with Crippen LogP contribution in [0.25, 0.3) is 0 Å². The molecule has 2 aromatic rings. The summed E-state index contributed by atoms with van der Waals surface area (Å²) in [5.74, 6) is 1.39. The van der Waals surface area contributed by atoms with E-state index in [1.165, 1.54) is 18.2 Å². The van der Waals surface area contributed by atoms with Gasteiger partial charge in [-0.2, -0.15) is 0 Å². The van der Waals surface area contributed by atoms with Gasteiger partial charge in [0, 0.05) is 36.6 Å². The first-order valence-electron chi connectivity index (χ1n) is 15.2. The number of carbonyl (C=O) groups excluding carboxylic acids is 1. The molecule has 41 heavy (non-hydrogen) atoms. The van der Waals surface area contributed by atoms with E-state index in [9.17, 15) is 9.90 Å². The van der Waals surface area contributed by atoms with Crippen LogP contribution in [0.5, 0.6) is 5.75 Å². The number of rotatable bonds is 7. The molecule has 7 nitrogen and oxygen atoms in total. The number of anilines is 1. The molecule has 1 spiro atoms. The van der Waals surface area contributed by atoms with Crippen LogP contribution in [-0.2, 0) is 26.0 Å². The molecule has 0 unspecified atom stereocenters. The first-order valence-corrected chi connectivity index (χ1v) is 15.5. The fraction of sp³-hybridized carbons (Fsp3) is 0.606. The fourth-order valence-electron chi connectivity index (χ4n) is 7.47. The maximum absolute atomic E-state index is 12.5. The number of nitrogens with zero attached hydrogens (tertiary/aromatic N) is 1. The van der Waals surface area contributed by atoms with E-state index in [0.717, 1.165) is 74.5 Å². The average molecular weight is 584 g/mol. The monoisotopic (exact) mass is 583 g/mol. The smallest absolute Gasteiger partial charge is 0.337 e. The third-order valence-electron chi connectivity index (χ3n) is 9.71. The highest BCUT2D eigenvalue weighted by Gasteiger charge is 2.45. The molecule has 2 aliphatic carbocycles. The van der Waals surface area contributed by atoms with E-state index < -0.39 is 6.10 Å². The Morgan fingerprint density at radius 3 is 2.88 bits per heavy atom. The molecule has 222 valence electrons. The number of ether oxygens (including phenoxy) is 4. The van der Waals surface area contributed by atoms with Gasteiger partial charge in [0.15, 0.2) is 0 Å². The summed E-state index contributed by atoms with van der Waals surface area (Å²) in [6.07, 6.45) is 7.03. The normalized spacial score (nSPS) is 29.9. The molecule has 8 heteroatoms. The number of esters is 1. The molecule has 1 saturated carbocycles. The summed E-state index contributed by atoms with van der Waals surface area (Å²) in [5, 5.41) is 10.5. The van der Waals surface area contributed by atoms with E-state index >= 15 is 0 Å². The Balaban J connectivity index is 1.28. The number of methoxy groups -OCH3 is 1. The molecule has 0 amide bonds. The van der Waals surface area contributed by atoms with Crippen molar-refractivity contribution in [2.45, 2.75) is 75.6 Å². The van der Waals surface area contributed by atoms with E-state index in [2.05, 4.69) is 17.0 Å². The standard InChI is InChI=1S/C33H42ClNO6/c1-21(36)18-40-26-11-13-39-31(16-26)27-8-5-24(27)17-35-19-33(12-3-4-22-14-25(34)7-9-28(22)33)20-41-30-10-6-23(15-29(30)35)32(37)38-2/h6-7,9-10,14-15,21,24,26-27,31,36H,3-5,8,11-13,16-20H2,1-2H3/t21-,24-,26-,27+,31+,33-/m0/s1. The van der Waals surface area contributed by atoms with E-state index in [1.54, 1.807) is 13.0 Å². The number of fused-ring (bicyclic) bond motifs is 3. The largest absolute Gasteiger partial charge is 0.490 e. The number of benzene rings is 2. The van der Waals surface area contributed by atoms with Gasteiger partial charge in [-0.15, -0.1) is 0 Å². The zero-order chi connectivity index (χ0) is 28.6. The summed E-state index contributed by atoms with van der Waals surface area (Å²) in [7, 11) is 1.42. The van der Waals surface area contributed by atoms with Crippen molar-refractivity contribution in [1.82, 2.24) is 0 Å². The van der Waals surface area contributed by atoms with Crippen LogP contribution in [0.1, 0.15) is 66.9 Å². The minimum Gasteiger partial charge on any atom is -0.490 e. The van der Waals surface area contributed by atoms with Crippen molar-refractivity contribution in [2.75, 3.05) is 44.9 Å². The summed E-state index contributed by atoms with van der Waals surface area (Å²) in [5.41, 5.74) is 3.97. The number of carbonyl (C=O) groups is 1. The lowest BCUT2D eigenvalue weighted by atomic mass is 9.67. The molecule has 1 N–H and O–H groups in total. The summed E-state index contributed by atoms with van der Waals surface area (Å²) in [4.78, 5) is 15.0. The van der Waals surface area contributed by atoms with Gasteiger partial charge in [-0.25, -0.2) is 4.79 Å². The molecule has 4 aliphatic rings. The molecule has 2 aliphatic heterocycles. The number of aliphatic hydroxyl groups is 1. The second-order valence-corrected chi connectivity index (χ2v) is 13.0. The van der Waals surface area contributed by atoms with Crippen LogP contribution in [0.3, 0.4) is 0 Å². The summed E-state index contributed by atoms with van der Waals surface area (Å²) in [6, 6.07) is 12.0. The van der Waals surface area contributed by atoms with E-state index in [1.807, 2.05) is 18.2 Å². The molecule has 6 rings (SSSR count). The summed E-state index contributed by atoms with van der Waals surface area (Å²) < 4.78 is 23.9. The SMILES string of the molecule is COC(=O)c1ccc2c(c1)N(C[C@@H]1CC[C@H]1[C@H]1C[C@@H](OC[C@H](C)O)CCO1)C[C@@]1(CCCc3cc(Cl)ccc31)CO2. The number of aliphatic hydroxyl groups excluding tert-OH is 1. The van der Waals surface area contributed by atoms with Gasteiger partial charge in [-0.3, -0.25) is 0 Å². The Hall–Kier alpha value is -2.32. The third-order valence-corrected chi connectivity index (χ3v) is 9.94. The van der Waals surface area contributed by atoms with Crippen molar-refractivity contribution < 1.29 is 28.8 Å². The quantitative estimate of drug-likeness (QED) is 0.427. The fourth-order valence-corrected chi connectivity index (χ4v) is 7.67. The molecule has 1 saturated heterocycles. The lowest BCUT2D eigenvalue weighted by molar-refractivity contribution is -0.124. The highest BCUT2D eigenvalue weighted by atomic mass is 35.5. The first kappa shape index (κ1) is 28.8. The lowest BCUT2D eigenvalue weighted by Gasteiger charge is -2.47. The van der Waals surface area contributed by atoms with Gasteiger partial charge in [0.2, 0.25) is 0 Å². The zero-order valence-electron chi connectivity index (χ0n) is 24.1. The minimum absolute atomic E-state index is 0.133. The molecule has 2 heterocycles. The number of halogens is 1. The van der Waals surface area contributed by atoms with Gasteiger partial charge in [-0.05, 0) is 98.7 Å². The van der Waals surface area contributed by atoms with E-state index in [4.69, 9.17) is 30.5 Å². The predicted octanol–water partition coefficient (Wildman–Crippen LogP) is 5.57. The second-order valence-electron chi connectivity index (χ2n) is 12.5. The molecule has 0 radical (unpaired) electrons. The summed E-state index contributed by atoms with van der Waals surface area (Å²) >= 11 is 6.41. The van der Waals surface area contributed by atoms with Crippen molar-refractivity contribution in [3.05, 3.63) is 58.1 Å². The molecule has 0 bridgehead atoms. The minimum atomic E-state index is -0.457. The van der Waals surface area contributed by atoms with E-state index in [0.29, 0.717) is 37.2 Å². The van der Waals surface area contributed by atoms with Gasteiger partial charge in [0.25, 0.3) is 0 Å². The maximum Gasteiger partial charge on any atom is 0.337 e.